The molecule has 0 radical (unpaired) electrons. The van der Waals surface area contributed by atoms with E-state index in [2.05, 4.69) is 5.32 Å². The molecule has 1 fully saturated rings. The molecule has 1 N–H and O–H groups in total. The van der Waals surface area contributed by atoms with Crippen molar-refractivity contribution in [1.29, 1.82) is 0 Å². The lowest BCUT2D eigenvalue weighted by Crippen LogP contribution is -2.41. The Balaban J connectivity index is 1.73. The standard InChI is InChI=1S/C17H17F3N2O3/c1-22-15(24)12-6-5-9(7-13(12)16(22)25)14(23)21-11-4-2-3-10(8-11)17(18,19)20/h5-7,10-11H,2-4,8H2,1H3,(H,21,23)/t10-,11+/m1/s1. The Labute approximate surface area is 142 Å². The first kappa shape index (κ1) is 17.4. The van der Waals surface area contributed by atoms with Gasteiger partial charge in [0.05, 0.1) is 17.0 Å². The van der Waals surface area contributed by atoms with E-state index in [1.54, 1.807) is 0 Å². The lowest BCUT2D eigenvalue weighted by Gasteiger charge is -2.31. The first-order valence-corrected chi connectivity index (χ1v) is 8.02. The molecule has 0 saturated heterocycles. The topological polar surface area (TPSA) is 66.5 Å². The predicted octanol–water partition coefficient (Wildman–Crippen LogP) is 2.76. The lowest BCUT2D eigenvalue weighted by atomic mass is 9.85. The van der Waals surface area contributed by atoms with E-state index in [0.717, 1.165) is 4.90 Å². The number of carbonyl (C=O) groups is 3. The summed E-state index contributed by atoms with van der Waals surface area (Å²) in [5, 5.41) is 2.62. The van der Waals surface area contributed by atoms with Crippen LogP contribution in [0.3, 0.4) is 0 Å². The average Bonchev–Trinajstić information content (AvgIpc) is 2.78. The number of amides is 3. The van der Waals surface area contributed by atoms with Gasteiger partial charge >= 0.3 is 6.18 Å². The molecule has 1 saturated carbocycles. The SMILES string of the molecule is CN1C(=O)c2ccc(C(=O)N[C@H]3CCC[C@@H](C(F)(F)F)C3)cc2C1=O. The molecule has 0 spiro atoms. The monoisotopic (exact) mass is 354 g/mol. The van der Waals surface area contributed by atoms with Gasteiger partial charge < -0.3 is 5.32 Å². The average molecular weight is 354 g/mol. The van der Waals surface area contributed by atoms with Gasteiger partial charge in [0, 0.05) is 18.7 Å². The van der Waals surface area contributed by atoms with E-state index in [1.807, 2.05) is 0 Å². The molecule has 2 atom stereocenters. The van der Waals surface area contributed by atoms with Crippen LogP contribution in [0.25, 0.3) is 0 Å². The second-order valence-electron chi connectivity index (χ2n) is 6.51. The molecule has 0 bridgehead atoms. The van der Waals surface area contributed by atoms with Gasteiger partial charge in [0.25, 0.3) is 17.7 Å². The Morgan fingerprint density at radius 3 is 2.52 bits per heavy atom. The quantitative estimate of drug-likeness (QED) is 0.831. The number of imide groups is 1. The van der Waals surface area contributed by atoms with Crippen LogP contribution in [0.5, 0.6) is 0 Å². The van der Waals surface area contributed by atoms with E-state index in [0.29, 0.717) is 12.8 Å². The number of nitrogens with one attached hydrogen (secondary N) is 1. The molecule has 1 aliphatic carbocycles. The Morgan fingerprint density at radius 2 is 1.84 bits per heavy atom. The number of fused-ring (bicyclic) bond motifs is 1. The van der Waals surface area contributed by atoms with Gasteiger partial charge in [0.2, 0.25) is 0 Å². The fourth-order valence-corrected chi connectivity index (χ4v) is 3.39. The zero-order chi connectivity index (χ0) is 18.4. The van der Waals surface area contributed by atoms with Crippen molar-refractivity contribution in [2.24, 2.45) is 5.92 Å². The summed E-state index contributed by atoms with van der Waals surface area (Å²) in [5.74, 6) is -2.87. The van der Waals surface area contributed by atoms with E-state index in [9.17, 15) is 27.6 Å². The smallest absolute Gasteiger partial charge is 0.349 e. The van der Waals surface area contributed by atoms with E-state index in [1.165, 1.54) is 25.2 Å². The highest BCUT2D eigenvalue weighted by molar-refractivity contribution is 6.21. The summed E-state index contributed by atoms with van der Waals surface area (Å²) < 4.78 is 38.6. The molecule has 25 heavy (non-hydrogen) atoms. The van der Waals surface area contributed by atoms with Gasteiger partial charge in [0.1, 0.15) is 0 Å². The van der Waals surface area contributed by atoms with Crippen molar-refractivity contribution in [2.75, 3.05) is 7.05 Å². The number of nitrogens with zero attached hydrogens (tertiary/aromatic N) is 1. The lowest BCUT2D eigenvalue weighted by molar-refractivity contribution is -0.183. The minimum atomic E-state index is -4.26. The summed E-state index contributed by atoms with van der Waals surface area (Å²) in [6, 6.07) is 3.56. The molecule has 2 aliphatic rings. The molecule has 8 heteroatoms. The summed E-state index contributed by atoms with van der Waals surface area (Å²) in [5.41, 5.74) is 0.514. The van der Waals surface area contributed by atoms with Gasteiger partial charge in [-0.3, -0.25) is 19.3 Å². The van der Waals surface area contributed by atoms with E-state index >= 15 is 0 Å². The number of carbonyl (C=O) groups excluding carboxylic acids is 3. The number of alkyl halides is 3. The number of hydrogen-bond donors (Lipinski definition) is 1. The normalized spacial score (nSPS) is 23.6. The Morgan fingerprint density at radius 1 is 1.16 bits per heavy atom. The highest BCUT2D eigenvalue weighted by Crippen LogP contribution is 2.37. The van der Waals surface area contributed by atoms with Crippen molar-refractivity contribution < 1.29 is 27.6 Å². The largest absolute Gasteiger partial charge is 0.391 e. The maximum Gasteiger partial charge on any atom is 0.391 e. The Kier molecular flexibility index (Phi) is 4.30. The fraction of sp³-hybridized carbons (Fsp3) is 0.471. The second kappa shape index (κ2) is 6.16. The molecule has 1 aliphatic heterocycles. The van der Waals surface area contributed by atoms with Gasteiger partial charge in [-0.1, -0.05) is 6.42 Å². The molecule has 1 aromatic rings. The third-order valence-corrected chi connectivity index (χ3v) is 4.82. The third-order valence-electron chi connectivity index (χ3n) is 4.82. The molecule has 134 valence electrons. The van der Waals surface area contributed by atoms with Crippen molar-refractivity contribution >= 4 is 17.7 Å². The molecule has 1 aromatic carbocycles. The molecule has 1 heterocycles. The summed E-state index contributed by atoms with van der Waals surface area (Å²) in [7, 11) is 1.35. The molecule has 0 unspecified atom stereocenters. The Bertz CT molecular complexity index is 745. The van der Waals surface area contributed by atoms with E-state index in [4.69, 9.17) is 0 Å². The molecule has 5 nitrogen and oxygen atoms in total. The van der Waals surface area contributed by atoms with E-state index < -0.39 is 35.9 Å². The van der Waals surface area contributed by atoms with Gasteiger partial charge in [0.15, 0.2) is 0 Å². The van der Waals surface area contributed by atoms with Crippen LogP contribution in [-0.4, -0.2) is 41.9 Å². The summed E-state index contributed by atoms with van der Waals surface area (Å²) in [6.45, 7) is 0. The molecular formula is C17H17F3N2O3. The van der Waals surface area contributed by atoms with Crippen LogP contribution < -0.4 is 5.32 Å². The van der Waals surface area contributed by atoms with Crippen molar-refractivity contribution in [3.8, 4) is 0 Å². The fourth-order valence-electron chi connectivity index (χ4n) is 3.39. The molecule has 3 rings (SSSR count). The number of hydrogen-bond acceptors (Lipinski definition) is 3. The molecular weight excluding hydrogens is 337 g/mol. The third kappa shape index (κ3) is 3.25. The molecule has 3 amide bonds. The van der Waals surface area contributed by atoms with E-state index in [-0.39, 0.29) is 29.5 Å². The minimum absolute atomic E-state index is 0.0810. The van der Waals surface area contributed by atoms with Crippen molar-refractivity contribution in [3.63, 3.8) is 0 Å². The first-order chi connectivity index (χ1) is 11.7. The van der Waals surface area contributed by atoms with Crippen LogP contribution in [0.1, 0.15) is 56.8 Å². The summed E-state index contributed by atoms with van der Waals surface area (Å²) in [4.78, 5) is 37.1. The van der Waals surface area contributed by atoms with Crippen LogP contribution in [0, 0.1) is 5.92 Å². The van der Waals surface area contributed by atoms with Crippen LogP contribution in [0.15, 0.2) is 18.2 Å². The predicted molar refractivity (Wildman–Crippen MR) is 82.1 cm³/mol. The van der Waals surface area contributed by atoms with Crippen LogP contribution >= 0.6 is 0 Å². The van der Waals surface area contributed by atoms with Gasteiger partial charge in [-0.25, -0.2) is 0 Å². The van der Waals surface area contributed by atoms with Crippen molar-refractivity contribution in [1.82, 2.24) is 10.2 Å². The maximum absolute atomic E-state index is 12.9. The van der Waals surface area contributed by atoms with Crippen LogP contribution in [0.2, 0.25) is 0 Å². The van der Waals surface area contributed by atoms with Gasteiger partial charge in [-0.15, -0.1) is 0 Å². The van der Waals surface area contributed by atoms with Crippen molar-refractivity contribution in [2.45, 2.75) is 37.9 Å². The number of benzene rings is 1. The summed E-state index contributed by atoms with van der Waals surface area (Å²) in [6.07, 6.45) is -3.42. The van der Waals surface area contributed by atoms with Gasteiger partial charge in [-0.05, 0) is 37.5 Å². The highest BCUT2D eigenvalue weighted by atomic mass is 19.4. The summed E-state index contributed by atoms with van der Waals surface area (Å²) >= 11 is 0. The van der Waals surface area contributed by atoms with Crippen LogP contribution in [-0.2, 0) is 0 Å². The van der Waals surface area contributed by atoms with Gasteiger partial charge in [-0.2, -0.15) is 13.2 Å². The maximum atomic E-state index is 12.9. The zero-order valence-electron chi connectivity index (χ0n) is 13.5. The zero-order valence-corrected chi connectivity index (χ0v) is 13.5. The second-order valence-corrected chi connectivity index (χ2v) is 6.51. The number of halogens is 3. The highest BCUT2D eigenvalue weighted by Gasteiger charge is 2.42. The number of rotatable bonds is 2. The molecule has 0 aromatic heterocycles. The van der Waals surface area contributed by atoms with Crippen LogP contribution in [0.4, 0.5) is 13.2 Å². The Hall–Kier alpha value is -2.38. The minimum Gasteiger partial charge on any atom is -0.349 e. The van der Waals surface area contributed by atoms with Crippen molar-refractivity contribution in [3.05, 3.63) is 34.9 Å². The first-order valence-electron chi connectivity index (χ1n) is 8.02.